The number of hydrogen-bond acceptors (Lipinski definition) is 3. The predicted octanol–water partition coefficient (Wildman–Crippen LogP) is 1.16. The summed E-state index contributed by atoms with van der Waals surface area (Å²) in [5.41, 5.74) is 7.64. The van der Waals surface area contributed by atoms with Crippen molar-refractivity contribution in [1.82, 2.24) is 10.2 Å². The van der Waals surface area contributed by atoms with Gasteiger partial charge in [0.25, 0.3) is 0 Å². The van der Waals surface area contributed by atoms with E-state index in [-0.39, 0.29) is 36.2 Å². The number of nitrogens with zero attached hydrogens (tertiary/aromatic N) is 1. The van der Waals surface area contributed by atoms with Crippen molar-refractivity contribution < 1.29 is 14.4 Å². The molecule has 0 aromatic heterocycles. The van der Waals surface area contributed by atoms with Gasteiger partial charge in [0.15, 0.2) is 0 Å². The molecule has 1 aliphatic rings. The molecule has 6 nitrogen and oxygen atoms in total. The fraction of sp³-hybridized carbons (Fsp3) is 0.526. The van der Waals surface area contributed by atoms with Gasteiger partial charge in [-0.1, -0.05) is 29.8 Å². The summed E-state index contributed by atoms with van der Waals surface area (Å²) < 4.78 is 0. The standard InChI is InChI=1S/C19H27N3O3/c1-13-3-6-15(7-4-13)8-10-17(23)21-11-18(24)22-12-16(19(20)25)9-5-14(22)2/h3-4,6-7,14,16H,5,8-12H2,1-2H3,(H2,20,25)(H,21,23)/t14-,16-/m1/s1. The van der Waals surface area contributed by atoms with Crippen molar-refractivity contribution in [3.05, 3.63) is 35.4 Å². The fourth-order valence-corrected chi connectivity index (χ4v) is 3.06. The van der Waals surface area contributed by atoms with E-state index in [1.165, 1.54) is 5.56 Å². The normalized spacial score (nSPS) is 20.2. The van der Waals surface area contributed by atoms with E-state index in [4.69, 9.17) is 5.73 Å². The first-order valence-corrected chi connectivity index (χ1v) is 8.78. The van der Waals surface area contributed by atoms with E-state index < -0.39 is 0 Å². The minimum Gasteiger partial charge on any atom is -0.369 e. The summed E-state index contributed by atoms with van der Waals surface area (Å²) in [6.45, 7) is 4.28. The summed E-state index contributed by atoms with van der Waals surface area (Å²) in [6.07, 6.45) is 2.45. The molecule has 1 aliphatic heterocycles. The molecule has 1 aromatic carbocycles. The SMILES string of the molecule is Cc1ccc(CCC(=O)NCC(=O)N2C[C@H](C(N)=O)CC[C@H]2C)cc1. The van der Waals surface area contributed by atoms with E-state index in [2.05, 4.69) is 5.32 Å². The second-order valence-corrected chi connectivity index (χ2v) is 6.83. The van der Waals surface area contributed by atoms with Crippen LogP contribution in [0.25, 0.3) is 0 Å². The maximum Gasteiger partial charge on any atom is 0.242 e. The molecule has 1 heterocycles. The van der Waals surface area contributed by atoms with Crippen LogP contribution in [0.15, 0.2) is 24.3 Å². The van der Waals surface area contributed by atoms with Crippen LogP contribution in [0, 0.1) is 12.8 Å². The summed E-state index contributed by atoms with van der Waals surface area (Å²) in [5.74, 6) is -0.976. The zero-order valence-corrected chi connectivity index (χ0v) is 15.0. The lowest BCUT2D eigenvalue weighted by Crippen LogP contribution is -2.51. The van der Waals surface area contributed by atoms with E-state index in [9.17, 15) is 14.4 Å². The Morgan fingerprint density at radius 3 is 2.52 bits per heavy atom. The number of hydrogen-bond donors (Lipinski definition) is 2. The van der Waals surface area contributed by atoms with Gasteiger partial charge >= 0.3 is 0 Å². The summed E-state index contributed by atoms with van der Waals surface area (Å²) in [7, 11) is 0. The van der Waals surface area contributed by atoms with Crippen molar-refractivity contribution in [1.29, 1.82) is 0 Å². The Balaban J connectivity index is 1.77. The Bertz CT molecular complexity index is 627. The lowest BCUT2D eigenvalue weighted by molar-refractivity contribution is -0.138. The van der Waals surface area contributed by atoms with Gasteiger partial charge in [-0.25, -0.2) is 0 Å². The first kappa shape index (κ1) is 19.0. The number of likely N-dealkylation sites (tertiary alicyclic amines) is 1. The number of carbonyl (C=O) groups excluding carboxylic acids is 3. The molecular formula is C19H27N3O3. The average Bonchev–Trinajstić information content (AvgIpc) is 2.59. The summed E-state index contributed by atoms with van der Waals surface area (Å²) in [4.78, 5) is 37.3. The fourth-order valence-electron chi connectivity index (χ4n) is 3.06. The highest BCUT2D eigenvalue weighted by atomic mass is 16.2. The Labute approximate surface area is 148 Å². The van der Waals surface area contributed by atoms with Crippen LogP contribution in [0.4, 0.5) is 0 Å². The van der Waals surface area contributed by atoms with E-state index >= 15 is 0 Å². The number of carbonyl (C=O) groups is 3. The van der Waals surface area contributed by atoms with Gasteiger partial charge < -0.3 is 16.0 Å². The molecule has 0 radical (unpaired) electrons. The minimum absolute atomic E-state index is 0.0391. The first-order valence-electron chi connectivity index (χ1n) is 8.78. The number of piperidine rings is 1. The molecule has 2 atom stereocenters. The van der Waals surface area contributed by atoms with E-state index in [0.717, 1.165) is 12.0 Å². The highest BCUT2D eigenvalue weighted by molar-refractivity contribution is 5.85. The molecule has 0 unspecified atom stereocenters. The number of nitrogens with one attached hydrogen (secondary N) is 1. The maximum atomic E-state index is 12.4. The lowest BCUT2D eigenvalue weighted by atomic mass is 9.93. The average molecular weight is 345 g/mol. The Kier molecular flexibility index (Phi) is 6.56. The third-order valence-electron chi connectivity index (χ3n) is 4.80. The van der Waals surface area contributed by atoms with Gasteiger partial charge in [-0.3, -0.25) is 14.4 Å². The van der Waals surface area contributed by atoms with Crippen LogP contribution in [0.1, 0.15) is 37.3 Å². The van der Waals surface area contributed by atoms with Crippen LogP contribution < -0.4 is 11.1 Å². The van der Waals surface area contributed by atoms with Gasteiger partial charge in [-0.2, -0.15) is 0 Å². The summed E-state index contributed by atoms with van der Waals surface area (Å²) in [6, 6.07) is 8.11. The third kappa shape index (κ3) is 5.59. The molecule has 1 fully saturated rings. The summed E-state index contributed by atoms with van der Waals surface area (Å²) in [5, 5.41) is 2.68. The third-order valence-corrected chi connectivity index (χ3v) is 4.80. The number of aryl methyl sites for hydroxylation is 2. The smallest absolute Gasteiger partial charge is 0.242 e. The topological polar surface area (TPSA) is 92.5 Å². The summed E-state index contributed by atoms with van der Waals surface area (Å²) >= 11 is 0. The largest absolute Gasteiger partial charge is 0.369 e. The molecule has 2 rings (SSSR count). The molecule has 6 heteroatoms. The Morgan fingerprint density at radius 2 is 1.88 bits per heavy atom. The van der Waals surface area contributed by atoms with E-state index in [0.29, 0.717) is 25.8 Å². The predicted molar refractivity (Wildman–Crippen MR) is 95.6 cm³/mol. The number of amides is 3. The number of rotatable bonds is 6. The van der Waals surface area contributed by atoms with Crippen molar-refractivity contribution in [3.8, 4) is 0 Å². The van der Waals surface area contributed by atoms with Crippen molar-refractivity contribution in [2.24, 2.45) is 11.7 Å². The lowest BCUT2D eigenvalue weighted by Gasteiger charge is -2.37. The quantitative estimate of drug-likeness (QED) is 0.810. The van der Waals surface area contributed by atoms with Gasteiger partial charge in [0, 0.05) is 19.0 Å². The molecule has 0 saturated carbocycles. The van der Waals surface area contributed by atoms with Crippen LogP contribution in [0.2, 0.25) is 0 Å². The number of benzene rings is 1. The van der Waals surface area contributed by atoms with Gasteiger partial charge in [0.2, 0.25) is 17.7 Å². The maximum absolute atomic E-state index is 12.4. The molecule has 0 spiro atoms. The number of nitrogens with two attached hydrogens (primary N) is 1. The Hall–Kier alpha value is -2.37. The highest BCUT2D eigenvalue weighted by Gasteiger charge is 2.31. The number of primary amides is 1. The zero-order chi connectivity index (χ0) is 18.4. The van der Waals surface area contributed by atoms with Crippen molar-refractivity contribution in [2.75, 3.05) is 13.1 Å². The van der Waals surface area contributed by atoms with Gasteiger partial charge in [-0.15, -0.1) is 0 Å². The second kappa shape index (κ2) is 8.65. The van der Waals surface area contributed by atoms with E-state index in [1.54, 1.807) is 4.90 Å². The molecule has 136 valence electrons. The van der Waals surface area contributed by atoms with E-state index in [1.807, 2.05) is 38.1 Å². The molecule has 0 aliphatic carbocycles. The van der Waals surface area contributed by atoms with Gasteiger partial charge in [-0.05, 0) is 38.7 Å². The monoisotopic (exact) mass is 345 g/mol. The van der Waals surface area contributed by atoms with Crippen LogP contribution in [0.5, 0.6) is 0 Å². The second-order valence-electron chi connectivity index (χ2n) is 6.83. The van der Waals surface area contributed by atoms with Crippen molar-refractivity contribution in [2.45, 2.75) is 45.6 Å². The minimum atomic E-state index is -0.369. The molecule has 25 heavy (non-hydrogen) atoms. The van der Waals surface area contributed by atoms with Crippen LogP contribution >= 0.6 is 0 Å². The van der Waals surface area contributed by atoms with Crippen molar-refractivity contribution in [3.63, 3.8) is 0 Å². The van der Waals surface area contributed by atoms with Gasteiger partial charge in [0.05, 0.1) is 12.5 Å². The molecule has 3 amide bonds. The highest BCUT2D eigenvalue weighted by Crippen LogP contribution is 2.21. The molecule has 3 N–H and O–H groups in total. The van der Waals surface area contributed by atoms with Crippen LogP contribution in [-0.4, -0.2) is 41.8 Å². The van der Waals surface area contributed by atoms with Gasteiger partial charge in [0.1, 0.15) is 0 Å². The molecular weight excluding hydrogens is 318 g/mol. The van der Waals surface area contributed by atoms with Crippen LogP contribution in [0.3, 0.4) is 0 Å². The Morgan fingerprint density at radius 1 is 1.20 bits per heavy atom. The first-order chi connectivity index (χ1) is 11.9. The zero-order valence-electron chi connectivity index (χ0n) is 15.0. The molecule has 1 saturated heterocycles. The van der Waals surface area contributed by atoms with Crippen LogP contribution in [-0.2, 0) is 20.8 Å². The molecule has 0 bridgehead atoms. The van der Waals surface area contributed by atoms with Crippen molar-refractivity contribution >= 4 is 17.7 Å². The molecule has 1 aromatic rings.